The van der Waals surface area contributed by atoms with Gasteiger partial charge in [-0.25, -0.2) is 4.99 Å². The van der Waals surface area contributed by atoms with Crippen LogP contribution in [0.1, 0.15) is 31.4 Å². The monoisotopic (exact) mass is 629 g/mol. The first-order valence-electron chi connectivity index (χ1n) is 12.4. The lowest BCUT2D eigenvalue weighted by atomic mass is 9.98. The largest absolute Gasteiger partial charge is 0.458 e. The van der Waals surface area contributed by atoms with Gasteiger partial charge in [-0.05, 0) is 56.3 Å². The van der Waals surface area contributed by atoms with Gasteiger partial charge >= 0.3 is 0 Å². The van der Waals surface area contributed by atoms with Crippen LogP contribution < -0.4 is 14.9 Å². The van der Waals surface area contributed by atoms with Gasteiger partial charge in [0.15, 0.2) is 10.6 Å². The number of furan rings is 2. The summed E-state index contributed by atoms with van der Waals surface area (Å²) in [5, 5.41) is 11.5. The lowest BCUT2D eigenvalue weighted by Crippen LogP contribution is -2.39. The molecule has 0 unspecified atom stereocenters. The van der Waals surface area contributed by atoms with Gasteiger partial charge < -0.3 is 8.83 Å². The molecule has 11 heteroatoms. The van der Waals surface area contributed by atoms with Crippen molar-refractivity contribution in [1.82, 2.24) is 4.57 Å². The van der Waals surface area contributed by atoms with Crippen LogP contribution in [0, 0.1) is 10.1 Å². The second-order valence-electron chi connectivity index (χ2n) is 9.32. The van der Waals surface area contributed by atoms with Gasteiger partial charge in [0.2, 0.25) is 0 Å². The fourth-order valence-electron chi connectivity index (χ4n) is 4.85. The Hall–Kier alpha value is -4.61. The van der Waals surface area contributed by atoms with E-state index in [2.05, 4.69) is 20.9 Å². The van der Waals surface area contributed by atoms with Gasteiger partial charge in [-0.3, -0.25) is 24.3 Å². The Labute approximate surface area is 244 Å². The standard InChI is InChI=1S/C30H20BrN3O6S/c1-16-27(17(2)35)28(25-14-13-23(40-25)18-7-9-19(31)10-8-18)33-29(36)26(41-30(33)32-16)15-20-11-12-24(39-20)21-5-3-4-6-22(21)34(37)38/h3-15,28H,1-2H3/b26-15+/t28-/m1/s1. The molecule has 3 aromatic heterocycles. The van der Waals surface area contributed by atoms with E-state index in [4.69, 9.17) is 8.83 Å². The minimum Gasteiger partial charge on any atom is -0.458 e. The molecule has 1 aliphatic rings. The Balaban J connectivity index is 1.45. The molecule has 5 aromatic rings. The molecule has 1 aliphatic heterocycles. The van der Waals surface area contributed by atoms with Gasteiger partial charge in [0, 0.05) is 33.4 Å². The molecule has 9 nitrogen and oxygen atoms in total. The summed E-state index contributed by atoms with van der Waals surface area (Å²) in [5.41, 5.74) is 1.62. The molecule has 6 rings (SSSR count). The van der Waals surface area contributed by atoms with E-state index >= 15 is 0 Å². The maximum atomic E-state index is 13.8. The zero-order chi connectivity index (χ0) is 28.8. The number of para-hydroxylation sites is 1. The Bertz CT molecular complexity index is 2060. The van der Waals surface area contributed by atoms with Gasteiger partial charge in [0.25, 0.3) is 11.2 Å². The zero-order valence-electron chi connectivity index (χ0n) is 21.7. The first-order valence-corrected chi connectivity index (χ1v) is 14.0. The second-order valence-corrected chi connectivity index (χ2v) is 11.2. The molecular formula is C30H20BrN3O6S. The highest BCUT2D eigenvalue weighted by Crippen LogP contribution is 2.34. The number of fused-ring (bicyclic) bond motifs is 1. The number of carbonyl (C=O) groups excluding carboxylic acids is 1. The summed E-state index contributed by atoms with van der Waals surface area (Å²) in [7, 11) is 0. The smallest absolute Gasteiger partial charge is 0.280 e. The number of Topliss-reactive ketones (excluding diaryl/α,β-unsaturated/α-hetero) is 1. The summed E-state index contributed by atoms with van der Waals surface area (Å²) in [5.74, 6) is 1.47. The van der Waals surface area contributed by atoms with Crippen molar-refractivity contribution < 1.29 is 18.6 Å². The normalized spacial score (nSPS) is 15.1. The number of carbonyl (C=O) groups is 1. The predicted octanol–water partition coefficient (Wildman–Crippen LogP) is 6.01. The Kier molecular flexibility index (Phi) is 6.76. The zero-order valence-corrected chi connectivity index (χ0v) is 24.1. The number of nitro groups is 1. The van der Waals surface area contributed by atoms with Crippen molar-refractivity contribution in [3.05, 3.63) is 130 Å². The van der Waals surface area contributed by atoms with Crippen molar-refractivity contribution in [3.63, 3.8) is 0 Å². The molecule has 1 atom stereocenters. The third kappa shape index (κ3) is 4.83. The third-order valence-corrected chi connectivity index (χ3v) is 8.20. The average Bonchev–Trinajstić information content (AvgIpc) is 3.68. The van der Waals surface area contributed by atoms with Crippen molar-refractivity contribution in [2.24, 2.45) is 4.99 Å². The molecule has 0 saturated carbocycles. The maximum Gasteiger partial charge on any atom is 0.280 e. The lowest BCUT2D eigenvalue weighted by Gasteiger charge is -2.22. The number of hydrogen-bond donors (Lipinski definition) is 0. The predicted molar refractivity (Wildman–Crippen MR) is 157 cm³/mol. The summed E-state index contributed by atoms with van der Waals surface area (Å²) < 4.78 is 14.8. The summed E-state index contributed by atoms with van der Waals surface area (Å²) in [6.45, 7) is 3.19. The van der Waals surface area contributed by atoms with Crippen molar-refractivity contribution in [1.29, 1.82) is 0 Å². The SMILES string of the molecule is CC(=O)C1=C(C)N=c2s/c(=C/c3ccc(-c4ccccc4[N+](=O)[O-])o3)c(=O)n2[C@@H]1c1ccc(-c2ccc(Br)cc2)o1. The summed E-state index contributed by atoms with van der Waals surface area (Å²) in [6, 6.07) is 20.0. The number of halogens is 1. The van der Waals surface area contributed by atoms with E-state index in [1.807, 2.05) is 30.3 Å². The highest BCUT2D eigenvalue weighted by Gasteiger charge is 2.33. The molecule has 0 amide bonds. The summed E-state index contributed by atoms with van der Waals surface area (Å²) >= 11 is 4.59. The minimum absolute atomic E-state index is 0.0824. The van der Waals surface area contributed by atoms with Gasteiger partial charge in [-0.2, -0.15) is 0 Å². The molecule has 0 aliphatic carbocycles. The Morgan fingerprint density at radius 3 is 2.51 bits per heavy atom. The molecule has 41 heavy (non-hydrogen) atoms. The first-order chi connectivity index (χ1) is 19.7. The number of nitrogens with zero attached hydrogens (tertiary/aromatic N) is 3. The highest BCUT2D eigenvalue weighted by molar-refractivity contribution is 9.10. The Morgan fingerprint density at radius 2 is 1.78 bits per heavy atom. The number of rotatable bonds is 6. The van der Waals surface area contributed by atoms with Crippen LogP contribution in [0.25, 0.3) is 28.7 Å². The van der Waals surface area contributed by atoms with Crippen LogP contribution in [0.5, 0.6) is 0 Å². The third-order valence-electron chi connectivity index (χ3n) is 6.69. The van der Waals surface area contributed by atoms with Crippen LogP contribution >= 0.6 is 27.3 Å². The van der Waals surface area contributed by atoms with E-state index in [-0.39, 0.29) is 17.0 Å². The molecule has 2 aromatic carbocycles. The lowest BCUT2D eigenvalue weighted by molar-refractivity contribution is -0.384. The fourth-order valence-corrected chi connectivity index (χ4v) is 6.15. The highest BCUT2D eigenvalue weighted by atomic mass is 79.9. The molecule has 4 heterocycles. The number of ketones is 1. The van der Waals surface area contributed by atoms with E-state index in [1.54, 1.807) is 49.4 Å². The van der Waals surface area contributed by atoms with E-state index < -0.39 is 11.0 Å². The second kappa shape index (κ2) is 10.4. The molecule has 204 valence electrons. The molecule has 0 radical (unpaired) electrons. The van der Waals surface area contributed by atoms with Crippen LogP contribution in [0.15, 0.2) is 107 Å². The number of thiazole rings is 1. The van der Waals surface area contributed by atoms with Crippen LogP contribution in [-0.2, 0) is 4.79 Å². The number of hydrogen-bond acceptors (Lipinski definition) is 8. The number of allylic oxidation sites excluding steroid dienone is 2. The van der Waals surface area contributed by atoms with Crippen molar-refractivity contribution >= 4 is 44.8 Å². The maximum absolute atomic E-state index is 13.8. The van der Waals surface area contributed by atoms with Gasteiger partial charge in [0.05, 0.1) is 15.0 Å². The fraction of sp³-hybridized carbons (Fsp3) is 0.100. The van der Waals surface area contributed by atoms with Crippen LogP contribution in [0.2, 0.25) is 0 Å². The van der Waals surface area contributed by atoms with Gasteiger partial charge in [-0.1, -0.05) is 51.5 Å². The van der Waals surface area contributed by atoms with Crippen molar-refractivity contribution in [2.75, 3.05) is 0 Å². The topological polar surface area (TPSA) is 121 Å². The van der Waals surface area contributed by atoms with E-state index in [9.17, 15) is 19.7 Å². The van der Waals surface area contributed by atoms with E-state index in [1.165, 1.54) is 17.6 Å². The molecule has 0 bridgehead atoms. The van der Waals surface area contributed by atoms with Crippen LogP contribution in [0.3, 0.4) is 0 Å². The number of nitro benzene ring substituents is 1. The molecule has 0 spiro atoms. The van der Waals surface area contributed by atoms with Crippen molar-refractivity contribution in [2.45, 2.75) is 19.9 Å². The van der Waals surface area contributed by atoms with Gasteiger partial charge in [-0.15, -0.1) is 0 Å². The van der Waals surface area contributed by atoms with E-state index in [0.717, 1.165) is 21.4 Å². The number of benzene rings is 2. The molecule has 0 saturated heterocycles. The van der Waals surface area contributed by atoms with Gasteiger partial charge in [0.1, 0.15) is 29.1 Å². The summed E-state index contributed by atoms with van der Waals surface area (Å²) in [4.78, 5) is 42.6. The van der Waals surface area contributed by atoms with Crippen LogP contribution in [-0.4, -0.2) is 15.3 Å². The van der Waals surface area contributed by atoms with Crippen molar-refractivity contribution in [3.8, 4) is 22.6 Å². The van der Waals surface area contributed by atoms with E-state index in [0.29, 0.717) is 49.2 Å². The average molecular weight is 630 g/mol. The Morgan fingerprint density at radius 1 is 1.05 bits per heavy atom. The molecule has 0 fully saturated rings. The first kappa shape index (κ1) is 26.6. The number of aromatic nitrogens is 1. The van der Waals surface area contributed by atoms with Crippen LogP contribution in [0.4, 0.5) is 5.69 Å². The minimum atomic E-state index is -0.797. The molecule has 0 N–H and O–H groups in total. The quantitative estimate of drug-likeness (QED) is 0.167. The molecular weight excluding hydrogens is 610 g/mol. The summed E-state index contributed by atoms with van der Waals surface area (Å²) in [6.07, 6.45) is 1.57.